The van der Waals surface area contributed by atoms with Crippen LogP contribution in [0.2, 0.25) is 0 Å². The molecular weight excluding hydrogens is 328 g/mol. The summed E-state index contributed by atoms with van der Waals surface area (Å²) >= 11 is 3.44. The maximum atomic E-state index is 5.85. The first-order valence-corrected chi connectivity index (χ1v) is 8.80. The summed E-state index contributed by atoms with van der Waals surface area (Å²) < 4.78 is 6.93. The standard InChI is InChI=1S/C17H27BrN2O/c1-14(2)20(13-16-5-3-4-10-19-16)11-12-21-17-8-6-15(18)7-9-17/h6-9,14,16,19H,3-5,10-13H2,1-2H3. The van der Waals surface area contributed by atoms with Crippen molar-refractivity contribution in [3.8, 4) is 5.75 Å². The fraction of sp³-hybridized carbons (Fsp3) is 0.647. The van der Waals surface area contributed by atoms with Crippen molar-refractivity contribution < 1.29 is 4.74 Å². The van der Waals surface area contributed by atoms with Crippen molar-refractivity contribution in [3.63, 3.8) is 0 Å². The fourth-order valence-electron chi connectivity index (χ4n) is 2.73. The zero-order valence-electron chi connectivity index (χ0n) is 13.1. The van der Waals surface area contributed by atoms with E-state index in [1.54, 1.807) is 0 Å². The van der Waals surface area contributed by atoms with Gasteiger partial charge < -0.3 is 10.1 Å². The first-order valence-electron chi connectivity index (χ1n) is 8.01. The molecular formula is C17H27BrN2O. The van der Waals surface area contributed by atoms with Gasteiger partial charge in [-0.15, -0.1) is 0 Å². The van der Waals surface area contributed by atoms with Gasteiger partial charge in [-0.05, 0) is 57.5 Å². The van der Waals surface area contributed by atoms with Gasteiger partial charge in [-0.25, -0.2) is 0 Å². The van der Waals surface area contributed by atoms with Crippen LogP contribution in [0.3, 0.4) is 0 Å². The highest BCUT2D eigenvalue weighted by molar-refractivity contribution is 9.10. The summed E-state index contributed by atoms with van der Waals surface area (Å²) in [6, 6.07) is 9.25. The molecule has 1 atom stereocenters. The molecule has 1 heterocycles. The van der Waals surface area contributed by atoms with E-state index in [-0.39, 0.29) is 0 Å². The minimum absolute atomic E-state index is 0.558. The first kappa shape index (κ1) is 16.8. The Hall–Kier alpha value is -0.580. The second-order valence-electron chi connectivity index (χ2n) is 6.04. The topological polar surface area (TPSA) is 24.5 Å². The number of benzene rings is 1. The van der Waals surface area contributed by atoms with Crippen LogP contribution in [0.5, 0.6) is 5.75 Å². The van der Waals surface area contributed by atoms with E-state index in [0.717, 1.165) is 29.9 Å². The third-order valence-electron chi connectivity index (χ3n) is 4.06. The predicted octanol–water partition coefficient (Wildman–Crippen LogP) is 3.68. The monoisotopic (exact) mass is 354 g/mol. The van der Waals surface area contributed by atoms with Gasteiger partial charge in [0.05, 0.1) is 0 Å². The molecule has 0 amide bonds. The van der Waals surface area contributed by atoms with E-state index >= 15 is 0 Å². The summed E-state index contributed by atoms with van der Waals surface area (Å²) in [6.07, 6.45) is 3.99. The predicted molar refractivity (Wildman–Crippen MR) is 92.0 cm³/mol. The maximum Gasteiger partial charge on any atom is 0.119 e. The average Bonchev–Trinajstić information content (AvgIpc) is 2.49. The molecule has 1 unspecified atom stereocenters. The van der Waals surface area contributed by atoms with Crippen molar-refractivity contribution in [1.82, 2.24) is 10.2 Å². The molecule has 1 aliphatic heterocycles. The zero-order chi connectivity index (χ0) is 15.1. The Morgan fingerprint density at radius 2 is 2.05 bits per heavy atom. The van der Waals surface area contributed by atoms with E-state index in [4.69, 9.17) is 4.74 Å². The van der Waals surface area contributed by atoms with Crippen molar-refractivity contribution in [2.45, 2.75) is 45.2 Å². The molecule has 1 aliphatic rings. The molecule has 4 heteroatoms. The second kappa shape index (κ2) is 8.76. The molecule has 0 spiro atoms. The van der Waals surface area contributed by atoms with Gasteiger partial charge in [0.25, 0.3) is 0 Å². The average molecular weight is 355 g/mol. The largest absolute Gasteiger partial charge is 0.492 e. The Morgan fingerprint density at radius 3 is 2.67 bits per heavy atom. The number of nitrogens with zero attached hydrogens (tertiary/aromatic N) is 1. The van der Waals surface area contributed by atoms with Gasteiger partial charge in [-0.3, -0.25) is 4.90 Å². The van der Waals surface area contributed by atoms with Crippen LogP contribution < -0.4 is 10.1 Å². The SMILES string of the molecule is CC(C)N(CCOc1ccc(Br)cc1)CC1CCCCN1. The Bertz CT molecular complexity index is 402. The highest BCUT2D eigenvalue weighted by Crippen LogP contribution is 2.16. The molecule has 1 aromatic carbocycles. The van der Waals surface area contributed by atoms with Gasteiger partial charge in [0.1, 0.15) is 12.4 Å². The van der Waals surface area contributed by atoms with E-state index in [1.807, 2.05) is 24.3 Å². The zero-order valence-corrected chi connectivity index (χ0v) is 14.7. The number of piperidine rings is 1. The van der Waals surface area contributed by atoms with E-state index in [0.29, 0.717) is 12.1 Å². The number of halogens is 1. The van der Waals surface area contributed by atoms with Gasteiger partial charge in [0, 0.05) is 29.6 Å². The minimum Gasteiger partial charge on any atom is -0.492 e. The molecule has 0 aliphatic carbocycles. The Kier molecular flexibility index (Phi) is 7.00. The molecule has 1 N–H and O–H groups in total. The smallest absolute Gasteiger partial charge is 0.119 e. The van der Waals surface area contributed by atoms with Crippen molar-refractivity contribution in [2.24, 2.45) is 0 Å². The molecule has 0 aromatic heterocycles. The molecule has 3 nitrogen and oxygen atoms in total. The minimum atomic E-state index is 0.558. The van der Waals surface area contributed by atoms with Crippen LogP contribution in [-0.2, 0) is 0 Å². The molecule has 0 radical (unpaired) electrons. The number of hydrogen-bond donors (Lipinski definition) is 1. The lowest BCUT2D eigenvalue weighted by Crippen LogP contribution is -2.47. The Labute approximate surface area is 137 Å². The summed E-state index contributed by atoms with van der Waals surface area (Å²) in [7, 11) is 0. The number of nitrogens with one attached hydrogen (secondary N) is 1. The second-order valence-corrected chi connectivity index (χ2v) is 6.95. The maximum absolute atomic E-state index is 5.85. The van der Waals surface area contributed by atoms with E-state index in [9.17, 15) is 0 Å². The van der Waals surface area contributed by atoms with Gasteiger partial charge in [-0.1, -0.05) is 22.4 Å². The van der Waals surface area contributed by atoms with Crippen LogP contribution in [-0.4, -0.2) is 43.2 Å². The fourth-order valence-corrected chi connectivity index (χ4v) is 3.00. The summed E-state index contributed by atoms with van der Waals surface area (Å²) in [5.41, 5.74) is 0. The lowest BCUT2D eigenvalue weighted by atomic mass is 10.0. The van der Waals surface area contributed by atoms with Gasteiger partial charge in [-0.2, -0.15) is 0 Å². The highest BCUT2D eigenvalue weighted by atomic mass is 79.9. The summed E-state index contributed by atoms with van der Waals surface area (Å²) in [4.78, 5) is 2.52. The Morgan fingerprint density at radius 1 is 1.29 bits per heavy atom. The molecule has 118 valence electrons. The van der Waals surface area contributed by atoms with E-state index in [2.05, 4.69) is 40.0 Å². The van der Waals surface area contributed by atoms with E-state index in [1.165, 1.54) is 25.8 Å². The molecule has 1 aromatic rings. The van der Waals surface area contributed by atoms with Crippen LogP contribution >= 0.6 is 15.9 Å². The molecule has 21 heavy (non-hydrogen) atoms. The van der Waals surface area contributed by atoms with Crippen molar-refractivity contribution in [2.75, 3.05) is 26.2 Å². The van der Waals surface area contributed by atoms with Crippen LogP contribution in [0.15, 0.2) is 28.7 Å². The van der Waals surface area contributed by atoms with E-state index < -0.39 is 0 Å². The first-order chi connectivity index (χ1) is 10.1. The van der Waals surface area contributed by atoms with Crippen molar-refractivity contribution in [3.05, 3.63) is 28.7 Å². The summed E-state index contributed by atoms with van der Waals surface area (Å²) in [5, 5.41) is 3.63. The van der Waals surface area contributed by atoms with Crippen LogP contribution in [0.1, 0.15) is 33.1 Å². The highest BCUT2D eigenvalue weighted by Gasteiger charge is 2.18. The summed E-state index contributed by atoms with van der Waals surface area (Å²) in [6.45, 7) is 8.55. The third-order valence-corrected chi connectivity index (χ3v) is 4.59. The number of rotatable bonds is 7. The lowest BCUT2D eigenvalue weighted by Gasteiger charge is -2.33. The van der Waals surface area contributed by atoms with Gasteiger partial charge in [0.2, 0.25) is 0 Å². The number of ether oxygens (including phenoxy) is 1. The molecule has 0 saturated carbocycles. The van der Waals surface area contributed by atoms with Crippen molar-refractivity contribution >= 4 is 15.9 Å². The van der Waals surface area contributed by atoms with Crippen molar-refractivity contribution in [1.29, 1.82) is 0 Å². The van der Waals surface area contributed by atoms with Crippen LogP contribution in [0.4, 0.5) is 0 Å². The van der Waals surface area contributed by atoms with Crippen LogP contribution in [0.25, 0.3) is 0 Å². The molecule has 0 bridgehead atoms. The van der Waals surface area contributed by atoms with Gasteiger partial charge >= 0.3 is 0 Å². The molecule has 1 fully saturated rings. The molecule has 1 saturated heterocycles. The lowest BCUT2D eigenvalue weighted by molar-refractivity contribution is 0.153. The third kappa shape index (κ3) is 5.97. The number of hydrogen-bond acceptors (Lipinski definition) is 3. The Balaban J connectivity index is 1.75. The summed E-state index contributed by atoms with van der Waals surface area (Å²) in [5.74, 6) is 0.942. The molecule has 2 rings (SSSR count). The van der Waals surface area contributed by atoms with Gasteiger partial charge in [0.15, 0.2) is 0 Å². The normalized spacial score (nSPS) is 19.2. The quantitative estimate of drug-likeness (QED) is 0.808. The van der Waals surface area contributed by atoms with Crippen LogP contribution in [0, 0.1) is 0 Å².